The van der Waals surface area contributed by atoms with Gasteiger partial charge in [0.2, 0.25) is 0 Å². The van der Waals surface area contributed by atoms with Crippen molar-refractivity contribution in [2.75, 3.05) is 17.6 Å². The summed E-state index contributed by atoms with van der Waals surface area (Å²) in [6.45, 7) is 7.45. The molecule has 2 nitrogen and oxygen atoms in total. The minimum Gasteiger partial charge on any atom is -0.373 e. The van der Waals surface area contributed by atoms with Gasteiger partial charge in [-0.25, -0.2) is 0 Å². The number of alkyl halides is 1. The number of halogens is 1. The summed E-state index contributed by atoms with van der Waals surface area (Å²) < 4.78 is 12.4. The summed E-state index contributed by atoms with van der Waals surface area (Å²) in [5, 5.41) is 0. The average Bonchev–Trinajstić information content (AvgIpc) is 2.29. The van der Waals surface area contributed by atoms with E-state index in [0.717, 1.165) is 4.43 Å². The summed E-state index contributed by atoms with van der Waals surface area (Å²) in [6, 6.07) is 10.3. The molecular formula is C14H21IO2. The number of benzene rings is 1. The first-order valence-electron chi connectivity index (χ1n) is 5.89. The van der Waals surface area contributed by atoms with Crippen LogP contribution in [0.15, 0.2) is 30.3 Å². The van der Waals surface area contributed by atoms with E-state index in [1.807, 2.05) is 18.2 Å². The maximum Gasteiger partial charge on any atom is 0.0915 e. The van der Waals surface area contributed by atoms with Crippen molar-refractivity contribution in [3.8, 4) is 0 Å². The lowest BCUT2D eigenvalue weighted by Gasteiger charge is -2.21. The summed E-state index contributed by atoms with van der Waals surface area (Å²) in [5.74, 6) is 0. The fraction of sp³-hybridized carbons (Fsp3) is 0.571. The molecule has 0 aliphatic heterocycles. The van der Waals surface area contributed by atoms with Crippen LogP contribution >= 0.6 is 22.6 Å². The Balaban J connectivity index is 2.34. The van der Waals surface area contributed by atoms with Gasteiger partial charge in [0.25, 0.3) is 0 Å². The summed E-state index contributed by atoms with van der Waals surface area (Å²) in [7, 11) is 0. The highest BCUT2D eigenvalue weighted by Crippen LogP contribution is 2.19. The Morgan fingerprint density at radius 2 is 1.76 bits per heavy atom. The number of hydrogen-bond donors (Lipinski definition) is 0. The van der Waals surface area contributed by atoms with Gasteiger partial charge >= 0.3 is 0 Å². The fourth-order valence-electron chi connectivity index (χ4n) is 1.44. The first-order chi connectivity index (χ1) is 8.03. The predicted molar refractivity (Wildman–Crippen MR) is 79.7 cm³/mol. The summed E-state index contributed by atoms with van der Waals surface area (Å²) >= 11 is 2.36. The van der Waals surface area contributed by atoms with Crippen LogP contribution in [0.4, 0.5) is 0 Å². The van der Waals surface area contributed by atoms with Crippen LogP contribution in [0, 0.1) is 0 Å². The van der Waals surface area contributed by atoms with Crippen molar-refractivity contribution in [1.29, 1.82) is 0 Å². The van der Waals surface area contributed by atoms with Crippen molar-refractivity contribution in [1.82, 2.24) is 0 Å². The minimum atomic E-state index is -0.0874. The molecule has 0 N–H and O–H groups in total. The van der Waals surface area contributed by atoms with Gasteiger partial charge in [0, 0.05) is 4.43 Å². The van der Waals surface area contributed by atoms with Crippen molar-refractivity contribution in [2.24, 2.45) is 0 Å². The lowest BCUT2D eigenvalue weighted by Crippen LogP contribution is -2.22. The first kappa shape index (κ1) is 14.9. The van der Waals surface area contributed by atoms with E-state index in [9.17, 15) is 0 Å². The Kier molecular flexibility index (Phi) is 6.44. The Morgan fingerprint density at radius 3 is 2.29 bits per heavy atom. The molecule has 3 heteroatoms. The van der Waals surface area contributed by atoms with Gasteiger partial charge in [-0.05, 0) is 26.3 Å². The van der Waals surface area contributed by atoms with Crippen LogP contribution < -0.4 is 0 Å². The molecule has 0 bridgehead atoms. The van der Waals surface area contributed by atoms with Gasteiger partial charge < -0.3 is 9.47 Å². The zero-order valence-electron chi connectivity index (χ0n) is 10.8. The lowest BCUT2D eigenvalue weighted by atomic mass is 10.1. The molecule has 17 heavy (non-hydrogen) atoms. The third kappa shape index (κ3) is 6.38. The molecule has 0 saturated heterocycles. The molecule has 0 amide bonds. The van der Waals surface area contributed by atoms with Crippen LogP contribution in [0.3, 0.4) is 0 Å². The Hall–Kier alpha value is -0.130. The van der Waals surface area contributed by atoms with Crippen LogP contribution in [0.1, 0.15) is 32.4 Å². The van der Waals surface area contributed by atoms with E-state index in [0.29, 0.717) is 13.2 Å². The molecule has 0 aliphatic carbocycles. The van der Waals surface area contributed by atoms with Crippen LogP contribution in [0.5, 0.6) is 0 Å². The highest BCUT2D eigenvalue weighted by molar-refractivity contribution is 14.1. The third-order valence-corrected chi connectivity index (χ3v) is 3.05. The molecule has 0 spiro atoms. The molecule has 0 fully saturated rings. The monoisotopic (exact) mass is 348 g/mol. The van der Waals surface area contributed by atoms with Crippen molar-refractivity contribution in [3.63, 3.8) is 0 Å². The molecule has 0 aliphatic rings. The van der Waals surface area contributed by atoms with Gasteiger partial charge in [0.05, 0.1) is 24.9 Å². The molecule has 0 aromatic heterocycles. The SMILES string of the molecule is CC(C)(C)OCCOC(CI)c1ccccc1. The van der Waals surface area contributed by atoms with Gasteiger partial charge in [-0.1, -0.05) is 52.9 Å². The van der Waals surface area contributed by atoms with Gasteiger partial charge in [-0.15, -0.1) is 0 Å². The maximum atomic E-state index is 5.84. The standard InChI is InChI=1S/C14H21IO2/c1-14(2,3)17-10-9-16-13(11-15)12-7-5-4-6-8-12/h4-8,13H,9-11H2,1-3H3. The van der Waals surface area contributed by atoms with Crippen molar-refractivity contribution in [3.05, 3.63) is 35.9 Å². The van der Waals surface area contributed by atoms with E-state index in [2.05, 4.69) is 55.5 Å². The van der Waals surface area contributed by atoms with E-state index in [1.165, 1.54) is 5.56 Å². The Labute approximate surface area is 118 Å². The fourth-order valence-corrected chi connectivity index (χ4v) is 2.20. The summed E-state index contributed by atoms with van der Waals surface area (Å²) in [6.07, 6.45) is 0.167. The second-order valence-corrected chi connectivity index (χ2v) is 5.77. The second-order valence-electron chi connectivity index (χ2n) is 4.89. The highest BCUT2D eigenvalue weighted by Gasteiger charge is 2.12. The zero-order valence-corrected chi connectivity index (χ0v) is 12.9. The Bertz CT molecular complexity index is 306. The molecule has 0 saturated carbocycles. The normalized spacial score (nSPS) is 13.6. The molecule has 1 aromatic rings. The number of rotatable bonds is 6. The van der Waals surface area contributed by atoms with E-state index in [4.69, 9.17) is 9.47 Å². The minimum absolute atomic E-state index is 0.0874. The predicted octanol–water partition coefficient (Wildman–Crippen LogP) is 3.99. The van der Waals surface area contributed by atoms with Crippen LogP contribution in [-0.4, -0.2) is 23.2 Å². The van der Waals surface area contributed by atoms with E-state index >= 15 is 0 Å². The second kappa shape index (κ2) is 7.34. The smallest absolute Gasteiger partial charge is 0.0915 e. The van der Waals surface area contributed by atoms with Gasteiger partial charge in [0.1, 0.15) is 0 Å². The highest BCUT2D eigenvalue weighted by atomic mass is 127. The largest absolute Gasteiger partial charge is 0.373 e. The molecule has 0 heterocycles. The molecular weight excluding hydrogens is 327 g/mol. The van der Waals surface area contributed by atoms with Crippen LogP contribution in [0.2, 0.25) is 0 Å². The molecule has 1 rings (SSSR count). The van der Waals surface area contributed by atoms with Gasteiger partial charge in [0.15, 0.2) is 0 Å². The zero-order chi connectivity index (χ0) is 12.7. The average molecular weight is 348 g/mol. The quantitative estimate of drug-likeness (QED) is 0.440. The molecule has 1 atom stereocenters. The van der Waals surface area contributed by atoms with Crippen molar-refractivity contribution >= 4 is 22.6 Å². The third-order valence-electron chi connectivity index (χ3n) is 2.25. The van der Waals surface area contributed by atoms with E-state index in [1.54, 1.807) is 0 Å². The first-order valence-corrected chi connectivity index (χ1v) is 7.42. The molecule has 1 aromatic carbocycles. The number of hydrogen-bond acceptors (Lipinski definition) is 2. The Morgan fingerprint density at radius 1 is 1.12 bits per heavy atom. The lowest BCUT2D eigenvalue weighted by molar-refractivity contribution is -0.0477. The van der Waals surface area contributed by atoms with Gasteiger partial charge in [-0.3, -0.25) is 0 Å². The van der Waals surface area contributed by atoms with E-state index < -0.39 is 0 Å². The van der Waals surface area contributed by atoms with Crippen molar-refractivity contribution < 1.29 is 9.47 Å². The molecule has 96 valence electrons. The summed E-state index contributed by atoms with van der Waals surface area (Å²) in [4.78, 5) is 0. The molecule has 1 unspecified atom stereocenters. The summed E-state index contributed by atoms with van der Waals surface area (Å²) in [5.41, 5.74) is 1.15. The van der Waals surface area contributed by atoms with Crippen LogP contribution in [0.25, 0.3) is 0 Å². The topological polar surface area (TPSA) is 18.5 Å². The van der Waals surface area contributed by atoms with Crippen LogP contribution in [-0.2, 0) is 9.47 Å². The van der Waals surface area contributed by atoms with Gasteiger partial charge in [-0.2, -0.15) is 0 Å². The number of ether oxygens (including phenoxy) is 2. The van der Waals surface area contributed by atoms with E-state index in [-0.39, 0.29) is 11.7 Å². The van der Waals surface area contributed by atoms with Crippen molar-refractivity contribution in [2.45, 2.75) is 32.5 Å². The maximum absolute atomic E-state index is 5.84. The molecule has 0 radical (unpaired) electrons.